The average Bonchev–Trinajstić information content (AvgIpc) is 3.95. The van der Waals surface area contributed by atoms with E-state index < -0.39 is 53.9 Å². The summed E-state index contributed by atoms with van der Waals surface area (Å²) in [6, 6.07) is 17.1. The summed E-state index contributed by atoms with van der Waals surface area (Å²) < 4.78 is 17.6. The van der Waals surface area contributed by atoms with Gasteiger partial charge in [0.05, 0.1) is 49.3 Å². The first-order valence-electron chi connectivity index (χ1n) is 27.8. The molecule has 0 bridgehead atoms. The van der Waals surface area contributed by atoms with Crippen LogP contribution in [0.3, 0.4) is 0 Å². The van der Waals surface area contributed by atoms with E-state index in [2.05, 4.69) is 20.9 Å². The van der Waals surface area contributed by atoms with Gasteiger partial charge in [-0.05, 0) is 87.4 Å². The zero-order chi connectivity index (χ0) is 54.8. The number of nitrogens with one attached hydrogen (secondary N) is 3. The second-order valence-electron chi connectivity index (χ2n) is 22.0. The number of carbonyl (C=O) groups is 6. The number of carbonyl (C=O) groups excluding carboxylic acids is 6. The van der Waals surface area contributed by atoms with Gasteiger partial charge in [-0.3, -0.25) is 33.7 Å². The largest absolute Gasteiger partial charge is 0.445 e. The monoisotopic (exact) mass is 1050 g/mol. The molecule has 0 aromatic heterocycles. The molecule has 1 unspecified atom stereocenters. The Morgan fingerprint density at radius 1 is 0.813 bits per heavy atom. The number of nitrogens with zero attached hydrogens (tertiary/aromatic N) is 4. The van der Waals surface area contributed by atoms with Crippen LogP contribution in [0.15, 0.2) is 60.7 Å². The highest BCUT2D eigenvalue weighted by Gasteiger charge is 2.64. The molecule has 6 amide bonds. The number of rotatable bonds is 29. The van der Waals surface area contributed by atoms with Crippen molar-refractivity contribution in [2.45, 2.75) is 174 Å². The predicted molar refractivity (Wildman–Crippen MR) is 289 cm³/mol. The van der Waals surface area contributed by atoms with Gasteiger partial charge >= 0.3 is 6.09 Å². The molecule has 2 aliphatic heterocycles. The van der Waals surface area contributed by atoms with E-state index in [1.165, 1.54) is 5.06 Å². The molecule has 3 aliphatic rings. The smallest absolute Gasteiger partial charge is 0.407 e. The molecule has 1 aliphatic carbocycles. The Hall–Kier alpha value is -5.10. The fourth-order valence-electron chi connectivity index (χ4n) is 11.3. The summed E-state index contributed by atoms with van der Waals surface area (Å²) in [4.78, 5) is 95.5. The second-order valence-corrected chi connectivity index (χ2v) is 22.0. The van der Waals surface area contributed by atoms with Gasteiger partial charge < -0.3 is 40.0 Å². The normalized spacial score (nSPS) is 21.4. The minimum Gasteiger partial charge on any atom is -0.445 e. The van der Waals surface area contributed by atoms with Crippen molar-refractivity contribution in [3.8, 4) is 0 Å². The molecule has 2 saturated heterocycles. The van der Waals surface area contributed by atoms with Crippen molar-refractivity contribution in [1.82, 2.24) is 35.7 Å². The molecule has 1 saturated carbocycles. The third kappa shape index (κ3) is 16.2. The number of benzene rings is 2. The fourth-order valence-corrected chi connectivity index (χ4v) is 11.3. The first-order valence-corrected chi connectivity index (χ1v) is 27.8. The van der Waals surface area contributed by atoms with Crippen LogP contribution in [0.25, 0.3) is 0 Å². The topological polar surface area (TPSA) is 188 Å². The Kier molecular flexibility index (Phi) is 23.8. The average molecular weight is 1050 g/mol. The standard InChI is InChI=1S/C58H91N7O10/c1-12-41(6)51(63(9)55(69)49(39(2)3)60-54(68)50(40(4)5)62(8)32-22-14-13-21-31-59-57(71)74-38-43-26-17-15-18-27-43)47(72-10)36-48(66)64-33-25-30-46(64)52(73-11)42(7)53(67)61-58(56(70)65-34-23-24-35-75-65)37-45(58)44-28-19-16-20-29-44/h15-20,26-29,39-42,45-47,49-52H,12-14,21-25,30-38H2,1-11H3,(H,59,71)(H,60,68)(H,61,67)/t41-,42+,45+,46-,47+,49-,50-,51-,52+,58?/m0/s1. The van der Waals surface area contributed by atoms with Gasteiger partial charge in [-0.1, -0.05) is 128 Å². The summed E-state index contributed by atoms with van der Waals surface area (Å²) >= 11 is 0. The van der Waals surface area contributed by atoms with Crippen LogP contribution in [0.2, 0.25) is 0 Å². The molecule has 17 nitrogen and oxygen atoms in total. The number of hydroxylamine groups is 2. The molecule has 418 valence electrons. The third-order valence-corrected chi connectivity index (χ3v) is 15.9. The predicted octanol–water partition coefficient (Wildman–Crippen LogP) is 7.09. The summed E-state index contributed by atoms with van der Waals surface area (Å²) in [5, 5.41) is 10.5. The Bertz CT molecular complexity index is 2130. The van der Waals surface area contributed by atoms with Crippen molar-refractivity contribution < 1.29 is 47.8 Å². The van der Waals surface area contributed by atoms with E-state index in [-0.39, 0.29) is 66.2 Å². The lowest BCUT2D eigenvalue weighted by atomic mass is 9.89. The molecule has 2 aromatic carbocycles. The molecule has 10 atom stereocenters. The van der Waals surface area contributed by atoms with E-state index in [1.807, 2.05) is 109 Å². The summed E-state index contributed by atoms with van der Waals surface area (Å²) in [6.07, 6.45) is 5.90. The van der Waals surface area contributed by atoms with Gasteiger partial charge in [0.25, 0.3) is 5.91 Å². The lowest BCUT2D eigenvalue weighted by Crippen LogP contribution is -2.60. The number of amides is 6. The summed E-state index contributed by atoms with van der Waals surface area (Å²) in [5.41, 5.74) is 0.751. The molecule has 17 heteroatoms. The Balaban J connectivity index is 1.18. The van der Waals surface area contributed by atoms with Crippen LogP contribution in [0.1, 0.15) is 136 Å². The summed E-state index contributed by atoms with van der Waals surface area (Å²) in [5.74, 6) is -2.48. The Morgan fingerprint density at radius 2 is 1.49 bits per heavy atom. The molecule has 2 aromatic rings. The van der Waals surface area contributed by atoms with Crippen molar-refractivity contribution in [1.29, 1.82) is 0 Å². The number of hydrogen-bond donors (Lipinski definition) is 3. The van der Waals surface area contributed by atoms with Crippen molar-refractivity contribution in [2.24, 2.45) is 23.7 Å². The van der Waals surface area contributed by atoms with Gasteiger partial charge in [-0.15, -0.1) is 0 Å². The minimum absolute atomic E-state index is 0.0143. The first-order chi connectivity index (χ1) is 35.9. The van der Waals surface area contributed by atoms with Gasteiger partial charge in [-0.25, -0.2) is 9.86 Å². The second kappa shape index (κ2) is 29.4. The summed E-state index contributed by atoms with van der Waals surface area (Å²) in [6.45, 7) is 16.6. The lowest BCUT2D eigenvalue weighted by Gasteiger charge is -2.41. The van der Waals surface area contributed by atoms with Crippen molar-refractivity contribution in [3.63, 3.8) is 0 Å². The first kappa shape index (κ1) is 60.8. The van der Waals surface area contributed by atoms with Crippen LogP contribution >= 0.6 is 0 Å². The van der Waals surface area contributed by atoms with Gasteiger partial charge in [0.1, 0.15) is 18.2 Å². The van der Waals surface area contributed by atoms with Gasteiger partial charge in [0.15, 0.2) is 0 Å². The minimum atomic E-state index is -1.15. The quantitative estimate of drug-likeness (QED) is 0.0707. The van der Waals surface area contributed by atoms with Crippen LogP contribution in [0.4, 0.5) is 4.79 Å². The highest BCUT2D eigenvalue weighted by molar-refractivity contribution is 5.96. The van der Waals surface area contributed by atoms with E-state index in [4.69, 9.17) is 19.0 Å². The number of alkyl carbamates (subject to hydrolysis) is 1. The van der Waals surface area contributed by atoms with E-state index in [0.29, 0.717) is 52.0 Å². The number of ether oxygens (including phenoxy) is 3. The number of methoxy groups -OCH3 is 2. The molecule has 3 fully saturated rings. The van der Waals surface area contributed by atoms with Crippen molar-refractivity contribution >= 4 is 35.6 Å². The lowest BCUT2D eigenvalue weighted by molar-refractivity contribution is -0.200. The van der Waals surface area contributed by atoms with Crippen molar-refractivity contribution in [2.75, 3.05) is 61.1 Å². The van der Waals surface area contributed by atoms with E-state index in [0.717, 1.165) is 56.1 Å². The zero-order valence-electron chi connectivity index (χ0n) is 47.0. The molecular weight excluding hydrogens is 955 g/mol. The maximum Gasteiger partial charge on any atom is 0.407 e. The number of likely N-dealkylation sites (tertiary alicyclic amines) is 1. The number of unbranched alkanes of at least 4 members (excludes halogenated alkanes) is 3. The third-order valence-electron chi connectivity index (χ3n) is 15.9. The van der Waals surface area contributed by atoms with Crippen LogP contribution in [-0.4, -0.2) is 158 Å². The summed E-state index contributed by atoms with van der Waals surface area (Å²) in [7, 11) is 6.81. The van der Waals surface area contributed by atoms with Gasteiger partial charge in [0, 0.05) is 46.8 Å². The van der Waals surface area contributed by atoms with E-state index in [1.54, 1.807) is 38.0 Å². The molecule has 75 heavy (non-hydrogen) atoms. The highest BCUT2D eigenvalue weighted by atomic mass is 16.7. The maximum atomic E-state index is 14.7. The van der Waals surface area contributed by atoms with E-state index in [9.17, 15) is 28.8 Å². The molecule has 3 N–H and O–H groups in total. The fraction of sp³-hybridized carbons (Fsp3) is 0.690. The number of hydrogen-bond acceptors (Lipinski definition) is 11. The van der Waals surface area contributed by atoms with Crippen LogP contribution < -0.4 is 16.0 Å². The molecular formula is C58H91N7O10. The van der Waals surface area contributed by atoms with Crippen molar-refractivity contribution in [3.05, 3.63) is 71.8 Å². The Morgan fingerprint density at radius 3 is 2.11 bits per heavy atom. The van der Waals surface area contributed by atoms with Gasteiger partial charge in [0.2, 0.25) is 23.6 Å². The van der Waals surface area contributed by atoms with Gasteiger partial charge in [-0.2, -0.15) is 0 Å². The maximum absolute atomic E-state index is 14.7. The molecule has 0 radical (unpaired) electrons. The van der Waals surface area contributed by atoms with Crippen LogP contribution in [0.5, 0.6) is 0 Å². The molecule has 0 spiro atoms. The zero-order valence-corrected chi connectivity index (χ0v) is 47.0. The van der Waals surface area contributed by atoms with Crippen LogP contribution in [0, 0.1) is 23.7 Å². The SMILES string of the molecule is CC[C@H](C)[C@@H]([C@@H](CC(=O)N1CCC[C@H]1[C@H](OC)[C@@H](C)C(=O)NC1(C(=O)N2CCCCO2)C[C@@H]1c1ccccc1)OC)N(C)C(=O)[C@@H](NC(=O)[C@H](C(C)C)N(C)CCCCCCNC(=O)OCc1ccccc1)C(C)C. The highest BCUT2D eigenvalue weighted by Crippen LogP contribution is 2.53. The number of likely N-dealkylation sites (N-methyl/N-ethyl adjacent to an activating group) is 2. The molecule has 2 heterocycles. The van der Waals surface area contributed by atoms with Crippen LogP contribution in [-0.2, 0) is 49.6 Å². The van der Waals surface area contributed by atoms with E-state index >= 15 is 0 Å². The Labute approximate surface area is 447 Å². The molecule has 5 rings (SSSR count).